The summed E-state index contributed by atoms with van der Waals surface area (Å²) in [7, 11) is 0. The lowest BCUT2D eigenvalue weighted by atomic mass is 10.1. The molecule has 0 aliphatic rings. The van der Waals surface area contributed by atoms with E-state index in [1.807, 2.05) is 12.1 Å². The van der Waals surface area contributed by atoms with Gasteiger partial charge in [0.1, 0.15) is 5.15 Å². The van der Waals surface area contributed by atoms with Gasteiger partial charge in [-0.2, -0.15) is 0 Å². The van der Waals surface area contributed by atoms with Crippen LogP contribution in [0.5, 0.6) is 0 Å². The first-order valence-corrected chi connectivity index (χ1v) is 6.29. The van der Waals surface area contributed by atoms with Gasteiger partial charge in [0.2, 0.25) is 0 Å². The van der Waals surface area contributed by atoms with Gasteiger partial charge in [0.15, 0.2) is 0 Å². The van der Waals surface area contributed by atoms with Gasteiger partial charge in [0, 0.05) is 17.4 Å². The fourth-order valence-electron chi connectivity index (χ4n) is 1.67. The zero-order chi connectivity index (χ0) is 13.7. The number of nitrogens with two attached hydrogens (primary N) is 1. The molecule has 1 heterocycles. The highest BCUT2D eigenvalue weighted by Crippen LogP contribution is 2.13. The number of halogens is 1. The van der Waals surface area contributed by atoms with Crippen molar-refractivity contribution in [2.75, 3.05) is 11.9 Å². The summed E-state index contributed by atoms with van der Waals surface area (Å²) in [6, 6.07) is 10.7. The summed E-state index contributed by atoms with van der Waals surface area (Å²) in [4.78, 5) is 15.8. The van der Waals surface area contributed by atoms with Gasteiger partial charge < -0.3 is 11.1 Å². The van der Waals surface area contributed by atoms with Gasteiger partial charge in [-0.3, -0.25) is 4.79 Å². The Balaban J connectivity index is 2.07. The van der Waals surface area contributed by atoms with E-state index in [1.165, 1.54) is 0 Å². The number of carbonyl (C=O) groups is 1. The number of nitrogens with one attached hydrogen (secondary N) is 1. The fraction of sp³-hybridized carbons (Fsp3) is 0.143. The van der Waals surface area contributed by atoms with Gasteiger partial charge in [0.05, 0.1) is 0 Å². The highest BCUT2D eigenvalue weighted by molar-refractivity contribution is 6.29. The van der Waals surface area contributed by atoms with E-state index in [-0.39, 0.29) is 5.91 Å². The Morgan fingerprint density at radius 3 is 2.63 bits per heavy atom. The molecule has 0 saturated carbocycles. The van der Waals surface area contributed by atoms with Crippen molar-refractivity contribution >= 4 is 23.2 Å². The molecule has 5 heteroatoms. The van der Waals surface area contributed by atoms with Gasteiger partial charge >= 0.3 is 0 Å². The Morgan fingerprint density at radius 2 is 2.00 bits per heavy atom. The molecule has 0 spiro atoms. The maximum Gasteiger partial charge on any atom is 0.255 e. The highest BCUT2D eigenvalue weighted by Gasteiger charge is 2.06. The van der Waals surface area contributed by atoms with Crippen molar-refractivity contribution in [1.29, 1.82) is 0 Å². The van der Waals surface area contributed by atoms with Crippen LogP contribution in [0, 0.1) is 0 Å². The van der Waals surface area contributed by atoms with Crippen molar-refractivity contribution in [3.63, 3.8) is 0 Å². The summed E-state index contributed by atoms with van der Waals surface area (Å²) >= 11 is 5.76. The summed E-state index contributed by atoms with van der Waals surface area (Å²) in [6.07, 6.45) is 2.35. The molecule has 1 aromatic heterocycles. The van der Waals surface area contributed by atoms with Gasteiger partial charge in [-0.15, -0.1) is 0 Å². The van der Waals surface area contributed by atoms with Crippen LogP contribution >= 0.6 is 11.6 Å². The lowest BCUT2D eigenvalue weighted by molar-refractivity contribution is 0.102. The number of pyridine rings is 1. The van der Waals surface area contributed by atoms with E-state index in [0.717, 1.165) is 12.0 Å². The molecule has 0 radical (unpaired) electrons. The van der Waals surface area contributed by atoms with Crippen LogP contribution in [0.25, 0.3) is 0 Å². The van der Waals surface area contributed by atoms with Crippen molar-refractivity contribution in [2.24, 2.45) is 5.73 Å². The zero-order valence-electron chi connectivity index (χ0n) is 10.3. The van der Waals surface area contributed by atoms with Gasteiger partial charge in [-0.05, 0) is 42.8 Å². The molecule has 0 aliphatic heterocycles. The number of carbonyl (C=O) groups excluding carboxylic acids is 1. The number of anilines is 1. The smallest absolute Gasteiger partial charge is 0.255 e. The molecular formula is C14H14ClN3O. The first kappa shape index (κ1) is 13.5. The Bertz CT molecular complexity index is 569. The van der Waals surface area contributed by atoms with Crippen molar-refractivity contribution in [1.82, 2.24) is 4.98 Å². The maximum atomic E-state index is 12.0. The molecule has 0 bridgehead atoms. The second-order valence-electron chi connectivity index (χ2n) is 4.06. The third kappa shape index (κ3) is 3.77. The summed E-state index contributed by atoms with van der Waals surface area (Å²) < 4.78 is 0. The molecule has 19 heavy (non-hydrogen) atoms. The fourth-order valence-corrected chi connectivity index (χ4v) is 1.85. The lowest BCUT2D eigenvalue weighted by Crippen LogP contribution is -2.12. The van der Waals surface area contributed by atoms with Crippen LogP contribution < -0.4 is 11.1 Å². The second-order valence-corrected chi connectivity index (χ2v) is 4.44. The Kier molecular flexibility index (Phi) is 4.49. The Hall–Kier alpha value is -1.91. The number of hydrogen-bond acceptors (Lipinski definition) is 3. The number of benzene rings is 1. The van der Waals surface area contributed by atoms with E-state index in [4.69, 9.17) is 17.3 Å². The lowest BCUT2D eigenvalue weighted by Gasteiger charge is -2.06. The molecule has 0 saturated heterocycles. The molecule has 1 amide bonds. The average Bonchev–Trinajstić information content (AvgIpc) is 2.40. The predicted octanol–water partition coefficient (Wildman–Crippen LogP) is 2.49. The van der Waals surface area contributed by atoms with Crippen LogP contribution in [0.15, 0.2) is 42.6 Å². The zero-order valence-corrected chi connectivity index (χ0v) is 11.0. The molecular weight excluding hydrogens is 262 g/mol. The van der Waals surface area contributed by atoms with E-state index in [9.17, 15) is 4.79 Å². The molecule has 98 valence electrons. The molecule has 4 nitrogen and oxygen atoms in total. The molecule has 0 aliphatic carbocycles. The van der Waals surface area contributed by atoms with Crippen LogP contribution in [0.3, 0.4) is 0 Å². The minimum absolute atomic E-state index is 0.179. The third-order valence-electron chi connectivity index (χ3n) is 2.63. The normalized spacial score (nSPS) is 10.2. The second kappa shape index (κ2) is 6.31. The first-order valence-electron chi connectivity index (χ1n) is 5.91. The van der Waals surface area contributed by atoms with Crippen molar-refractivity contribution < 1.29 is 4.79 Å². The van der Waals surface area contributed by atoms with Gasteiger partial charge in [-0.25, -0.2) is 4.98 Å². The number of aromatic nitrogens is 1. The van der Waals surface area contributed by atoms with Crippen LogP contribution in [0.1, 0.15) is 15.9 Å². The molecule has 0 unspecified atom stereocenters. The van der Waals surface area contributed by atoms with E-state index in [2.05, 4.69) is 10.3 Å². The van der Waals surface area contributed by atoms with Gasteiger partial charge in [0.25, 0.3) is 5.91 Å². The largest absolute Gasteiger partial charge is 0.330 e. The van der Waals surface area contributed by atoms with E-state index in [0.29, 0.717) is 22.9 Å². The molecule has 0 atom stereocenters. The average molecular weight is 276 g/mol. The minimum atomic E-state index is -0.179. The van der Waals surface area contributed by atoms with Crippen molar-refractivity contribution in [3.05, 3.63) is 58.9 Å². The van der Waals surface area contributed by atoms with Gasteiger partial charge in [-0.1, -0.05) is 23.7 Å². The summed E-state index contributed by atoms with van der Waals surface area (Å²) in [5, 5.41) is 3.11. The molecule has 2 rings (SSSR count). The summed E-state index contributed by atoms with van der Waals surface area (Å²) in [5.74, 6) is -0.179. The minimum Gasteiger partial charge on any atom is -0.330 e. The summed E-state index contributed by atoms with van der Waals surface area (Å²) in [6.45, 7) is 0.598. The molecule has 0 fully saturated rings. The highest BCUT2D eigenvalue weighted by atomic mass is 35.5. The molecule has 3 N–H and O–H groups in total. The van der Waals surface area contributed by atoms with Crippen LogP contribution in [-0.4, -0.2) is 17.4 Å². The van der Waals surface area contributed by atoms with Crippen LogP contribution in [-0.2, 0) is 6.42 Å². The number of rotatable bonds is 4. The first-order chi connectivity index (χ1) is 9.19. The SMILES string of the molecule is NCCc1ccc(C(=O)Nc2ccnc(Cl)c2)cc1. The molecule has 2 aromatic rings. The van der Waals surface area contributed by atoms with Crippen molar-refractivity contribution in [2.45, 2.75) is 6.42 Å². The number of nitrogens with zero attached hydrogens (tertiary/aromatic N) is 1. The van der Waals surface area contributed by atoms with Crippen molar-refractivity contribution in [3.8, 4) is 0 Å². The van der Waals surface area contributed by atoms with Crippen LogP contribution in [0.2, 0.25) is 5.15 Å². The monoisotopic (exact) mass is 275 g/mol. The number of amides is 1. The predicted molar refractivity (Wildman–Crippen MR) is 76.4 cm³/mol. The topological polar surface area (TPSA) is 68.0 Å². The Morgan fingerprint density at radius 1 is 1.26 bits per heavy atom. The quantitative estimate of drug-likeness (QED) is 0.843. The molecule has 1 aromatic carbocycles. The Labute approximate surface area is 116 Å². The van der Waals surface area contributed by atoms with Crippen LogP contribution in [0.4, 0.5) is 5.69 Å². The summed E-state index contributed by atoms with van der Waals surface area (Å²) in [5.41, 5.74) is 7.81. The third-order valence-corrected chi connectivity index (χ3v) is 2.84. The standard InChI is InChI=1S/C14H14ClN3O/c15-13-9-12(6-8-17-13)18-14(19)11-3-1-10(2-4-11)5-7-16/h1-4,6,8-9H,5,7,16H2,(H,17,18,19). The maximum absolute atomic E-state index is 12.0. The van der Waals surface area contributed by atoms with E-state index in [1.54, 1.807) is 30.5 Å². The van der Waals surface area contributed by atoms with E-state index >= 15 is 0 Å². The van der Waals surface area contributed by atoms with E-state index < -0.39 is 0 Å². The number of hydrogen-bond donors (Lipinski definition) is 2.